The number of fused-ring (bicyclic) bond motifs is 1. The van der Waals surface area contributed by atoms with E-state index in [9.17, 15) is 4.79 Å². The lowest BCUT2D eigenvalue weighted by molar-refractivity contribution is 0.340. The third-order valence-electron chi connectivity index (χ3n) is 4.52. The molecule has 1 heterocycles. The van der Waals surface area contributed by atoms with Gasteiger partial charge in [-0.2, -0.15) is 5.10 Å². The standard InChI is InChI=1S/C23H19ClN2O2S/c1-2-28-18-10-12-19(13-11-18)29-21-14-25-26(23(27)22(21)24)15-17-8-5-7-16-6-3-4-9-20(16)17/h3-14H,2,15H2,1H3. The number of ether oxygens (including phenoxy) is 1. The van der Waals surface area contributed by atoms with Gasteiger partial charge in [0, 0.05) is 4.90 Å². The monoisotopic (exact) mass is 422 g/mol. The Kier molecular flexibility index (Phi) is 5.88. The summed E-state index contributed by atoms with van der Waals surface area (Å²) >= 11 is 7.80. The van der Waals surface area contributed by atoms with Crippen molar-refractivity contribution < 1.29 is 4.74 Å². The lowest BCUT2D eigenvalue weighted by Crippen LogP contribution is -2.24. The van der Waals surface area contributed by atoms with Gasteiger partial charge in [-0.25, -0.2) is 4.68 Å². The molecular weight excluding hydrogens is 404 g/mol. The first-order valence-corrected chi connectivity index (χ1v) is 10.5. The predicted molar refractivity (Wildman–Crippen MR) is 118 cm³/mol. The molecule has 4 rings (SSSR count). The summed E-state index contributed by atoms with van der Waals surface area (Å²) in [5.41, 5.74) is 0.733. The first-order chi connectivity index (χ1) is 14.2. The minimum Gasteiger partial charge on any atom is -0.494 e. The summed E-state index contributed by atoms with van der Waals surface area (Å²) in [5.74, 6) is 0.812. The van der Waals surface area contributed by atoms with Gasteiger partial charge in [0.25, 0.3) is 5.56 Å². The third kappa shape index (κ3) is 4.31. The Morgan fingerprint density at radius 2 is 1.79 bits per heavy atom. The van der Waals surface area contributed by atoms with Crippen molar-refractivity contribution in [3.63, 3.8) is 0 Å². The van der Waals surface area contributed by atoms with E-state index >= 15 is 0 Å². The summed E-state index contributed by atoms with van der Waals surface area (Å²) in [6.45, 7) is 2.94. The summed E-state index contributed by atoms with van der Waals surface area (Å²) in [7, 11) is 0. The van der Waals surface area contributed by atoms with Crippen LogP contribution in [0.4, 0.5) is 0 Å². The van der Waals surface area contributed by atoms with Gasteiger partial charge in [0.05, 0.1) is 24.2 Å². The van der Waals surface area contributed by atoms with Crippen molar-refractivity contribution in [2.45, 2.75) is 23.3 Å². The Morgan fingerprint density at radius 3 is 2.59 bits per heavy atom. The number of aromatic nitrogens is 2. The number of benzene rings is 3. The number of rotatable bonds is 6. The van der Waals surface area contributed by atoms with E-state index in [1.807, 2.05) is 61.5 Å². The van der Waals surface area contributed by atoms with Crippen molar-refractivity contribution in [1.29, 1.82) is 0 Å². The van der Waals surface area contributed by atoms with Crippen molar-refractivity contribution in [2.24, 2.45) is 0 Å². The number of halogens is 1. The van der Waals surface area contributed by atoms with Gasteiger partial charge in [0.2, 0.25) is 0 Å². The normalized spacial score (nSPS) is 11.0. The molecule has 0 aliphatic rings. The fourth-order valence-corrected chi connectivity index (χ4v) is 4.19. The van der Waals surface area contributed by atoms with Gasteiger partial charge in [-0.05, 0) is 47.5 Å². The maximum atomic E-state index is 12.8. The average Bonchev–Trinajstić information content (AvgIpc) is 2.75. The van der Waals surface area contributed by atoms with Gasteiger partial charge in [0.1, 0.15) is 10.8 Å². The fourth-order valence-electron chi connectivity index (χ4n) is 3.12. The minimum absolute atomic E-state index is 0.180. The van der Waals surface area contributed by atoms with E-state index in [-0.39, 0.29) is 10.6 Å². The number of nitrogens with zero attached hydrogens (tertiary/aromatic N) is 2. The SMILES string of the molecule is CCOc1ccc(Sc2cnn(Cc3cccc4ccccc34)c(=O)c2Cl)cc1. The molecule has 6 heteroatoms. The molecule has 146 valence electrons. The second-order valence-corrected chi connectivity index (χ2v) is 7.92. The smallest absolute Gasteiger partial charge is 0.286 e. The molecule has 0 atom stereocenters. The molecule has 1 aromatic heterocycles. The molecular formula is C23H19ClN2O2S. The Morgan fingerprint density at radius 1 is 1.03 bits per heavy atom. The van der Waals surface area contributed by atoms with Crippen LogP contribution in [0.15, 0.2) is 87.5 Å². The van der Waals surface area contributed by atoms with Crippen LogP contribution in [0.25, 0.3) is 10.8 Å². The average molecular weight is 423 g/mol. The Balaban J connectivity index is 1.59. The zero-order chi connectivity index (χ0) is 20.2. The van der Waals surface area contributed by atoms with E-state index in [2.05, 4.69) is 17.2 Å². The van der Waals surface area contributed by atoms with Crippen molar-refractivity contribution in [1.82, 2.24) is 9.78 Å². The molecule has 3 aromatic carbocycles. The van der Waals surface area contributed by atoms with E-state index in [4.69, 9.17) is 16.3 Å². The molecule has 4 aromatic rings. The largest absolute Gasteiger partial charge is 0.494 e. The topological polar surface area (TPSA) is 44.1 Å². The van der Waals surface area contributed by atoms with Gasteiger partial charge in [-0.3, -0.25) is 4.79 Å². The zero-order valence-corrected chi connectivity index (χ0v) is 17.4. The van der Waals surface area contributed by atoms with Gasteiger partial charge < -0.3 is 4.74 Å². The molecule has 0 saturated heterocycles. The maximum Gasteiger partial charge on any atom is 0.286 e. The summed E-state index contributed by atoms with van der Waals surface area (Å²) in [5, 5.41) is 6.77. The van der Waals surface area contributed by atoms with Crippen LogP contribution in [0, 0.1) is 0 Å². The quantitative estimate of drug-likeness (QED) is 0.403. The highest BCUT2D eigenvalue weighted by Gasteiger charge is 2.12. The highest BCUT2D eigenvalue weighted by molar-refractivity contribution is 7.99. The molecule has 29 heavy (non-hydrogen) atoms. The van der Waals surface area contributed by atoms with E-state index in [0.29, 0.717) is 18.0 Å². The molecule has 0 radical (unpaired) electrons. The molecule has 0 bridgehead atoms. The van der Waals surface area contributed by atoms with Crippen LogP contribution in [0.2, 0.25) is 5.02 Å². The van der Waals surface area contributed by atoms with E-state index in [0.717, 1.165) is 27.0 Å². The molecule has 0 fully saturated rings. The second kappa shape index (κ2) is 8.72. The van der Waals surface area contributed by atoms with E-state index in [1.54, 1.807) is 6.20 Å². The lowest BCUT2D eigenvalue weighted by atomic mass is 10.0. The Hall–Kier alpha value is -2.76. The molecule has 4 nitrogen and oxygen atoms in total. The van der Waals surface area contributed by atoms with Crippen molar-refractivity contribution in [2.75, 3.05) is 6.61 Å². The maximum absolute atomic E-state index is 12.8. The minimum atomic E-state index is -0.296. The molecule has 0 spiro atoms. The zero-order valence-electron chi connectivity index (χ0n) is 15.8. The van der Waals surface area contributed by atoms with Gasteiger partial charge in [-0.1, -0.05) is 65.8 Å². The van der Waals surface area contributed by atoms with Gasteiger partial charge in [0.15, 0.2) is 0 Å². The molecule has 0 aliphatic carbocycles. The highest BCUT2D eigenvalue weighted by Crippen LogP contribution is 2.32. The summed E-state index contributed by atoms with van der Waals surface area (Å²) < 4.78 is 6.86. The third-order valence-corrected chi connectivity index (χ3v) is 6.03. The Bertz CT molecular complexity index is 1200. The van der Waals surface area contributed by atoms with Crippen LogP contribution in [0.3, 0.4) is 0 Å². The predicted octanol–water partition coefficient (Wildman–Crippen LogP) is 5.65. The lowest BCUT2D eigenvalue weighted by Gasteiger charge is -2.10. The van der Waals surface area contributed by atoms with Crippen LogP contribution in [-0.4, -0.2) is 16.4 Å². The van der Waals surface area contributed by atoms with Crippen molar-refractivity contribution in [3.8, 4) is 5.75 Å². The van der Waals surface area contributed by atoms with Crippen molar-refractivity contribution in [3.05, 3.63) is 93.9 Å². The number of hydrogen-bond donors (Lipinski definition) is 0. The highest BCUT2D eigenvalue weighted by atomic mass is 35.5. The van der Waals surface area contributed by atoms with Crippen LogP contribution >= 0.6 is 23.4 Å². The van der Waals surface area contributed by atoms with Crippen LogP contribution in [0.1, 0.15) is 12.5 Å². The van der Waals surface area contributed by atoms with Crippen LogP contribution in [0.5, 0.6) is 5.75 Å². The van der Waals surface area contributed by atoms with E-state index in [1.165, 1.54) is 16.4 Å². The Labute approximate surface area is 178 Å². The summed E-state index contributed by atoms with van der Waals surface area (Å²) in [6.07, 6.45) is 1.65. The molecule has 0 amide bonds. The summed E-state index contributed by atoms with van der Waals surface area (Å²) in [4.78, 5) is 14.4. The second-order valence-electron chi connectivity index (χ2n) is 6.43. The molecule has 0 unspecified atom stereocenters. The molecule has 0 saturated carbocycles. The van der Waals surface area contributed by atoms with E-state index < -0.39 is 0 Å². The molecule has 0 N–H and O–H groups in total. The first kappa shape index (κ1) is 19.6. The van der Waals surface area contributed by atoms with Crippen LogP contribution < -0.4 is 10.3 Å². The summed E-state index contributed by atoms with van der Waals surface area (Å²) in [6, 6.07) is 21.8. The number of hydrogen-bond acceptors (Lipinski definition) is 4. The van der Waals surface area contributed by atoms with Crippen molar-refractivity contribution >= 4 is 34.1 Å². The van der Waals surface area contributed by atoms with Gasteiger partial charge in [-0.15, -0.1) is 0 Å². The first-order valence-electron chi connectivity index (χ1n) is 9.28. The molecule has 0 aliphatic heterocycles. The fraction of sp³-hybridized carbons (Fsp3) is 0.130. The van der Waals surface area contributed by atoms with Gasteiger partial charge >= 0.3 is 0 Å². The van der Waals surface area contributed by atoms with Crippen LogP contribution in [-0.2, 0) is 6.54 Å².